The van der Waals surface area contributed by atoms with Crippen LogP contribution in [0.1, 0.15) is 13.8 Å². The zero-order chi connectivity index (χ0) is 20.5. The molecule has 0 spiro atoms. The Hall–Kier alpha value is -3.28. The smallest absolute Gasteiger partial charge is 0.333 e. The van der Waals surface area contributed by atoms with Gasteiger partial charge in [0, 0.05) is 11.1 Å². The molecule has 0 aliphatic heterocycles. The van der Waals surface area contributed by atoms with Gasteiger partial charge in [-0.25, -0.2) is 9.59 Å². The summed E-state index contributed by atoms with van der Waals surface area (Å²) in [4.78, 5) is 22.6. The van der Waals surface area contributed by atoms with Gasteiger partial charge in [-0.1, -0.05) is 25.3 Å². The van der Waals surface area contributed by atoms with E-state index in [0.717, 1.165) is 10.8 Å². The minimum absolute atomic E-state index is 0.149. The maximum atomic E-state index is 11.3. The summed E-state index contributed by atoms with van der Waals surface area (Å²) in [6.07, 6.45) is 0. The highest BCUT2D eigenvalue weighted by molar-refractivity contribution is 5.87. The lowest BCUT2D eigenvalue weighted by atomic mass is 10.1. The standard InChI is InChI=1S/C22H24O6/c1-15(2)21(23)27-11-9-25-19-7-5-17-6-8-20(14-18(17)13-19)26-10-12-28-22(24)16(3)4/h5-8,13-14H,1,3,9-12H2,2,4H3. The van der Waals surface area contributed by atoms with Crippen molar-refractivity contribution in [3.8, 4) is 11.5 Å². The van der Waals surface area contributed by atoms with Crippen LogP contribution in [0.2, 0.25) is 0 Å². The predicted octanol–water partition coefficient (Wildman–Crippen LogP) is 3.84. The molecule has 2 aromatic rings. The monoisotopic (exact) mass is 384 g/mol. The van der Waals surface area contributed by atoms with Crippen LogP contribution in [0.4, 0.5) is 0 Å². The Labute approximate surface area is 164 Å². The first kappa shape index (κ1) is 21.0. The molecule has 2 aromatic carbocycles. The first-order valence-electron chi connectivity index (χ1n) is 8.81. The van der Waals surface area contributed by atoms with Crippen LogP contribution in [0, 0.1) is 0 Å². The van der Waals surface area contributed by atoms with E-state index in [0.29, 0.717) is 22.6 Å². The van der Waals surface area contributed by atoms with E-state index in [1.165, 1.54) is 0 Å². The number of carbonyl (C=O) groups excluding carboxylic acids is 2. The van der Waals surface area contributed by atoms with Gasteiger partial charge in [0.1, 0.15) is 37.9 Å². The molecule has 0 heterocycles. The fraction of sp³-hybridized carbons (Fsp3) is 0.273. The Bertz CT molecular complexity index is 815. The van der Waals surface area contributed by atoms with E-state index >= 15 is 0 Å². The number of esters is 2. The fourth-order valence-electron chi connectivity index (χ4n) is 2.22. The summed E-state index contributed by atoms with van der Waals surface area (Å²) < 4.78 is 21.2. The normalized spacial score (nSPS) is 10.2. The largest absolute Gasteiger partial charge is 0.490 e. The van der Waals surface area contributed by atoms with Gasteiger partial charge in [0.25, 0.3) is 0 Å². The molecule has 0 saturated carbocycles. The topological polar surface area (TPSA) is 71.1 Å². The zero-order valence-electron chi connectivity index (χ0n) is 16.2. The zero-order valence-corrected chi connectivity index (χ0v) is 16.2. The summed E-state index contributed by atoms with van der Waals surface area (Å²) in [5, 5.41) is 1.97. The van der Waals surface area contributed by atoms with Gasteiger partial charge < -0.3 is 18.9 Å². The number of benzene rings is 2. The predicted molar refractivity (Wildman–Crippen MR) is 106 cm³/mol. The molecule has 0 fully saturated rings. The molecule has 148 valence electrons. The van der Waals surface area contributed by atoms with Crippen molar-refractivity contribution in [1.29, 1.82) is 0 Å². The minimum Gasteiger partial charge on any atom is -0.490 e. The summed E-state index contributed by atoms with van der Waals surface area (Å²) in [5.41, 5.74) is 0.709. The molecule has 0 amide bonds. The number of fused-ring (bicyclic) bond motifs is 1. The molecular weight excluding hydrogens is 360 g/mol. The number of carbonyl (C=O) groups is 2. The number of hydrogen-bond acceptors (Lipinski definition) is 6. The van der Waals surface area contributed by atoms with Crippen LogP contribution in [0.3, 0.4) is 0 Å². The van der Waals surface area contributed by atoms with E-state index in [-0.39, 0.29) is 26.4 Å². The van der Waals surface area contributed by atoms with Gasteiger partial charge in [0.15, 0.2) is 0 Å². The second-order valence-electron chi connectivity index (χ2n) is 6.20. The van der Waals surface area contributed by atoms with Crippen LogP contribution in [0.5, 0.6) is 11.5 Å². The molecule has 0 aromatic heterocycles. The number of hydrogen-bond donors (Lipinski definition) is 0. The molecular formula is C22H24O6. The SMILES string of the molecule is C=C(C)C(=O)OCCOc1ccc2ccc(OCCOC(=O)C(=C)C)cc2c1. The van der Waals surface area contributed by atoms with E-state index in [1.807, 2.05) is 36.4 Å². The molecule has 0 aliphatic rings. The Morgan fingerprint density at radius 3 is 1.54 bits per heavy atom. The van der Waals surface area contributed by atoms with Crippen molar-refractivity contribution in [2.45, 2.75) is 13.8 Å². The quantitative estimate of drug-likeness (QED) is 0.352. The van der Waals surface area contributed by atoms with E-state index in [9.17, 15) is 9.59 Å². The van der Waals surface area contributed by atoms with E-state index in [1.54, 1.807) is 13.8 Å². The maximum absolute atomic E-state index is 11.3. The average Bonchev–Trinajstić information content (AvgIpc) is 2.67. The van der Waals surface area contributed by atoms with E-state index in [4.69, 9.17) is 18.9 Å². The van der Waals surface area contributed by atoms with Crippen LogP contribution in [-0.2, 0) is 19.1 Å². The third kappa shape index (κ3) is 6.46. The molecule has 0 N–H and O–H groups in total. The molecule has 0 aliphatic carbocycles. The fourth-order valence-corrected chi connectivity index (χ4v) is 2.22. The third-order valence-corrected chi connectivity index (χ3v) is 3.65. The second kappa shape index (κ2) is 10.2. The molecule has 2 rings (SSSR count). The molecule has 0 radical (unpaired) electrons. The molecule has 0 saturated heterocycles. The van der Waals surface area contributed by atoms with Crippen molar-refractivity contribution in [2.24, 2.45) is 0 Å². The molecule has 0 unspecified atom stereocenters. The molecule has 0 atom stereocenters. The lowest BCUT2D eigenvalue weighted by Crippen LogP contribution is -2.12. The molecule has 28 heavy (non-hydrogen) atoms. The third-order valence-electron chi connectivity index (χ3n) is 3.65. The minimum atomic E-state index is -0.433. The highest BCUT2D eigenvalue weighted by Crippen LogP contribution is 2.25. The molecule has 6 heteroatoms. The highest BCUT2D eigenvalue weighted by Gasteiger charge is 2.05. The van der Waals surface area contributed by atoms with Crippen molar-refractivity contribution in [3.63, 3.8) is 0 Å². The highest BCUT2D eigenvalue weighted by atomic mass is 16.6. The lowest BCUT2D eigenvalue weighted by molar-refractivity contribution is -0.140. The summed E-state index contributed by atoms with van der Waals surface area (Å²) in [6.45, 7) is 11.0. The van der Waals surface area contributed by atoms with Gasteiger partial charge >= 0.3 is 11.9 Å². The summed E-state index contributed by atoms with van der Waals surface area (Å²) in [5.74, 6) is 0.452. The van der Waals surface area contributed by atoms with Crippen molar-refractivity contribution in [3.05, 3.63) is 60.7 Å². The Morgan fingerprint density at radius 1 is 0.714 bits per heavy atom. The van der Waals surface area contributed by atoms with Crippen molar-refractivity contribution in [1.82, 2.24) is 0 Å². The Kier molecular flexibility index (Phi) is 7.63. The summed E-state index contributed by atoms with van der Waals surface area (Å²) in [7, 11) is 0. The van der Waals surface area contributed by atoms with Crippen molar-refractivity contribution >= 4 is 22.7 Å². The lowest BCUT2D eigenvalue weighted by Gasteiger charge is -2.10. The van der Waals surface area contributed by atoms with Crippen molar-refractivity contribution in [2.75, 3.05) is 26.4 Å². The van der Waals surface area contributed by atoms with Gasteiger partial charge in [-0.2, -0.15) is 0 Å². The second-order valence-corrected chi connectivity index (χ2v) is 6.20. The van der Waals surface area contributed by atoms with Crippen LogP contribution in [-0.4, -0.2) is 38.4 Å². The summed E-state index contributed by atoms with van der Waals surface area (Å²) in [6, 6.07) is 11.3. The Balaban J connectivity index is 1.87. The Morgan fingerprint density at radius 2 is 1.14 bits per heavy atom. The van der Waals surface area contributed by atoms with Crippen LogP contribution < -0.4 is 9.47 Å². The first-order chi connectivity index (χ1) is 13.4. The van der Waals surface area contributed by atoms with Crippen LogP contribution >= 0.6 is 0 Å². The molecule has 6 nitrogen and oxygen atoms in total. The summed E-state index contributed by atoms with van der Waals surface area (Å²) >= 11 is 0. The van der Waals surface area contributed by atoms with Gasteiger partial charge in [0.05, 0.1) is 0 Å². The van der Waals surface area contributed by atoms with Gasteiger partial charge in [-0.3, -0.25) is 0 Å². The van der Waals surface area contributed by atoms with E-state index < -0.39 is 11.9 Å². The first-order valence-corrected chi connectivity index (χ1v) is 8.81. The number of rotatable bonds is 10. The van der Waals surface area contributed by atoms with Gasteiger partial charge in [0.2, 0.25) is 0 Å². The molecule has 0 bridgehead atoms. The maximum Gasteiger partial charge on any atom is 0.333 e. The average molecular weight is 384 g/mol. The van der Waals surface area contributed by atoms with Crippen LogP contribution in [0.15, 0.2) is 60.7 Å². The van der Waals surface area contributed by atoms with Crippen molar-refractivity contribution < 1.29 is 28.5 Å². The van der Waals surface area contributed by atoms with Crippen LogP contribution in [0.25, 0.3) is 10.8 Å². The number of ether oxygens (including phenoxy) is 4. The van der Waals surface area contributed by atoms with Gasteiger partial charge in [-0.05, 0) is 48.9 Å². The van der Waals surface area contributed by atoms with E-state index in [2.05, 4.69) is 13.2 Å². The van der Waals surface area contributed by atoms with Gasteiger partial charge in [-0.15, -0.1) is 0 Å².